The first-order valence-electron chi connectivity index (χ1n) is 8.68. The van der Waals surface area contributed by atoms with Gasteiger partial charge in [-0.25, -0.2) is 0 Å². The van der Waals surface area contributed by atoms with Gasteiger partial charge in [0.1, 0.15) is 0 Å². The normalized spacial score (nSPS) is 23.7. The third kappa shape index (κ3) is 2.48. The molecule has 114 valence electrons. The lowest BCUT2D eigenvalue weighted by Crippen LogP contribution is -2.38. The number of hydrogen-bond donors (Lipinski definition) is 1. The fraction of sp³-hybridized carbons (Fsp3) is 0.429. The van der Waals surface area contributed by atoms with Crippen molar-refractivity contribution in [2.75, 3.05) is 0 Å². The highest BCUT2D eigenvalue weighted by Crippen LogP contribution is 2.35. The summed E-state index contributed by atoms with van der Waals surface area (Å²) in [6.45, 7) is 4.49. The number of fused-ring (bicyclic) bond motifs is 2. The molecule has 0 bridgehead atoms. The highest BCUT2D eigenvalue weighted by atomic mass is 15.0. The van der Waals surface area contributed by atoms with Crippen molar-refractivity contribution in [2.24, 2.45) is 0 Å². The third-order valence-electron chi connectivity index (χ3n) is 5.27. The molecule has 1 heterocycles. The average Bonchev–Trinajstić information content (AvgIpc) is 2.52. The monoisotopic (exact) mass is 291 g/mol. The molecular formula is C21H25N. The van der Waals surface area contributed by atoms with E-state index in [2.05, 4.69) is 55.6 Å². The Kier molecular flexibility index (Phi) is 3.54. The topological polar surface area (TPSA) is 12.0 Å². The van der Waals surface area contributed by atoms with E-state index in [4.69, 9.17) is 0 Å². The maximum absolute atomic E-state index is 3.82. The lowest BCUT2D eigenvalue weighted by Gasteiger charge is -2.34. The zero-order chi connectivity index (χ0) is 15.1. The molecule has 0 saturated heterocycles. The Morgan fingerprint density at radius 2 is 1.73 bits per heavy atom. The minimum atomic E-state index is 0.353. The molecule has 22 heavy (non-hydrogen) atoms. The Balaban J connectivity index is 1.82. The van der Waals surface area contributed by atoms with E-state index in [0.717, 1.165) is 6.42 Å². The molecule has 2 atom stereocenters. The van der Waals surface area contributed by atoms with Crippen LogP contribution in [0.3, 0.4) is 0 Å². The van der Waals surface area contributed by atoms with E-state index in [-0.39, 0.29) is 0 Å². The second-order valence-corrected chi connectivity index (χ2v) is 7.15. The lowest BCUT2D eigenvalue weighted by molar-refractivity contribution is 0.462. The van der Waals surface area contributed by atoms with Gasteiger partial charge in [-0.3, -0.25) is 0 Å². The van der Waals surface area contributed by atoms with Crippen molar-refractivity contribution in [2.45, 2.75) is 58.0 Å². The Morgan fingerprint density at radius 3 is 2.50 bits per heavy atom. The molecule has 2 aliphatic rings. The SMILES string of the molecule is Cc1cccc(C2NC(C)Cc3cc4c(cc32)CCCC4)c1. The maximum Gasteiger partial charge on any atom is 0.0581 e. The number of rotatable bonds is 1. The van der Waals surface area contributed by atoms with E-state index in [1.807, 2.05) is 0 Å². The van der Waals surface area contributed by atoms with Gasteiger partial charge in [0.15, 0.2) is 0 Å². The van der Waals surface area contributed by atoms with Gasteiger partial charge in [0.25, 0.3) is 0 Å². The quantitative estimate of drug-likeness (QED) is 0.816. The number of aryl methyl sites for hydroxylation is 3. The van der Waals surface area contributed by atoms with Crippen LogP contribution in [-0.2, 0) is 19.3 Å². The van der Waals surface area contributed by atoms with E-state index >= 15 is 0 Å². The highest BCUT2D eigenvalue weighted by molar-refractivity contribution is 5.47. The van der Waals surface area contributed by atoms with E-state index in [1.54, 1.807) is 16.7 Å². The molecule has 1 aliphatic heterocycles. The molecule has 2 unspecified atom stereocenters. The van der Waals surface area contributed by atoms with Crippen molar-refractivity contribution in [3.05, 3.63) is 69.8 Å². The van der Waals surface area contributed by atoms with E-state index in [9.17, 15) is 0 Å². The first-order chi connectivity index (χ1) is 10.7. The molecule has 4 rings (SSSR count). The minimum absolute atomic E-state index is 0.353. The van der Waals surface area contributed by atoms with Crippen molar-refractivity contribution in [1.29, 1.82) is 0 Å². The van der Waals surface area contributed by atoms with Crippen LogP contribution in [0, 0.1) is 6.92 Å². The predicted octanol–water partition coefficient (Wildman–Crippen LogP) is 4.50. The first kappa shape index (κ1) is 14.0. The van der Waals surface area contributed by atoms with Crippen LogP contribution in [0.1, 0.15) is 59.2 Å². The smallest absolute Gasteiger partial charge is 0.0581 e. The fourth-order valence-electron chi connectivity index (χ4n) is 4.19. The van der Waals surface area contributed by atoms with Gasteiger partial charge in [-0.05, 0) is 73.8 Å². The summed E-state index contributed by atoms with van der Waals surface area (Å²) in [6, 6.07) is 14.9. The van der Waals surface area contributed by atoms with Crippen LogP contribution >= 0.6 is 0 Å². The summed E-state index contributed by atoms with van der Waals surface area (Å²) >= 11 is 0. The van der Waals surface area contributed by atoms with Gasteiger partial charge in [-0.2, -0.15) is 0 Å². The van der Waals surface area contributed by atoms with Crippen LogP contribution in [0.2, 0.25) is 0 Å². The van der Waals surface area contributed by atoms with Crippen LogP contribution in [0.5, 0.6) is 0 Å². The Morgan fingerprint density at radius 1 is 0.955 bits per heavy atom. The first-order valence-corrected chi connectivity index (χ1v) is 8.68. The summed E-state index contributed by atoms with van der Waals surface area (Å²) in [5, 5.41) is 3.82. The molecule has 2 aromatic carbocycles. The van der Waals surface area contributed by atoms with Crippen LogP contribution in [0.25, 0.3) is 0 Å². The number of benzene rings is 2. The van der Waals surface area contributed by atoms with E-state index in [1.165, 1.54) is 42.4 Å². The predicted molar refractivity (Wildman–Crippen MR) is 92.4 cm³/mol. The zero-order valence-corrected chi connectivity index (χ0v) is 13.7. The van der Waals surface area contributed by atoms with Crippen molar-refractivity contribution in [1.82, 2.24) is 5.32 Å². The largest absolute Gasteiger partial charge is 0.303 e. The Bertz CT molecular complexity index is 701. The Hall–Kier alpha value is -1.60. The minimum Gasteiger partial charge on any atom is -0.303 e. The summed E-state index contributed by atoms with van der Waals surface area (Å²) in [5.41, 5.74) is 9.05. The molecule has 0 amide bonds. The molecule has 0 radical (unpaired) electrons. The van der Waals surface area contributed by atoms with Crippen molar-refractivity contribution >= 4 is 0 Å². The van der Waals surface area contributed by atoms with Gasteiger partial charge in [0.2, 0.25) is 0 Å². The maximum atomic E-state index is 3.82. The van der Waals surface area contributed by atoms with Crippen LogP contribution in [0.4, 0.5) is 0 Å². The molecular weight excluding hydrogens is 266 g/mol. The molecule has 0 fully saturated rings. The molecule has 1 heteroatoms. The van der Waals surface area contributed by atoms with Gasteiger partial charge in [-0.15, -0.1) is 0 Å². The molecule has 1 aliphatic carbocycles. The molecule has 2 aromatic rings. The average molecular weight is 291 g/mol. The van der Waals surface area contributed by atoms with E-state index < -0.39 is 0 Å². The second kappa shape index (κ2) is 5.55. The molecule has 0 saturated carbocycles. The van der Waals surface area contributed by atoms with Gasteiger partial charge in [0.05, 0.1) is 6.04 Å². The molecule has 1 N–H and O–H groups in total. The van der Waals surface area contributed by atoms with Crippen LogP contribution in [0.15, 0.2) is 36.4 Å². The molecule has 0 spiro atoms. The van der Waals surface area contributed by atoms with Crippen molar-refractivity contribution < 1.29 is 0 Å². The summed E-state index contributed by atoms with van der Waals surface area (Å²) < 4.78 is 0. The number of hydrogen-bond acceptors (Lipinski definition) is 1. The van der Waals surface area contributed by atoms with Crippen molar-refractivity contribution in [3.8, 4) is 0 Å². The van der Waals surface area contributed by atoms with Crippen molar-refractivity contribution in [3.63, 3.8) is 0 Å². The molecule has 1 nitrogen and oxygen atoms in total. The van der Waals surface area contributed by atoms with Gasteiger partial charge in [-0.1, -0.05) is 42.0 Å². The fourth-order valence-corrected chi connectivity index (χ4v) is 4.19. The lowest BCUT2D eigenvalue weighted by atomic mass is 9.81. The highest BCUT2D eigenvalue weighted by Gasteiger charge is 2.27. The third-order valence-corrected chi connectivity index (χ3v) is 5.27. The summed E-state index contributed by atoms with van der Waals surface area (Å²) in [4.78, 5) is 0. The standard InChI is InChI=1S/C21H25N/c1-14-6-5-9-18(10-14)21-20-13-17-8-4-3-7-16(17)12-19(20)11-15(2)22-21/h5-6,9-10,12-13,15,21-22H,3-4,7-8,11H2,1-2H3. The van der Waals surface area contributed by atoms with E-state index in [0.29, 0.717) is 12.1 Å². The second-order valence-electron chi connectivity index (χ2n) is 7.15. The number of nitrogens with one attached hydrogen (secondary N) is 1. The summed E-state index contributed by atoms with van der Waals surface area (Å²) in [5.74, 6) is 0. The summed E-state index contributed by atoms with van der Waals surface area (Å²) in [6.07, 6.45) is 6.41. The zero-order valence-electron chi connectivity index (χ0n) is 13.7. The van der Waals surface area contributed by atoms with Gasteiger partial charge in [0, 0.05) is 6.04 Å². The van der Waals surface area contributed by atoms with Gasteiger partial charge < -0.3 is 5.32 Å². The van der Waals surface area contributed by atoms with Crippen LogP contribution < -0.4 is 5.32 Å². The molecule has 0 aromatic heterocycles. The van der Waals surface area contributed by atoms with Crippen LogP contribution in [-0.4, -0.2) is 6.04 Å². The van der Waals surface area contributed by atoms with Gasteiger partial charge >= 0.3 is 0 Å². The summed E-state index contributed by atoms with van der Waals surface area (Å²) in [7, 11) is 0. The Labute approximate surface area is 133 Å².